The third-order valence-electron chi connectivity index (χ3n) is 3.88. The summed E-state index contributed by atoms with van der Waals surface area (Å²) in [7, 11) is 0. The Morgan fingerprint density at radius 2 is 2.26 bits per heavy atom. The predicted molar refractivity (Wildman–Crippen MR) is 75.1 cm³/mol. The van der Waals surface area contributed by atoms with E-state index in [1.54, 1.807) is 0 Å². The molecule has 0 bridgehead atoms. The van der Waals surface area contributed by atoms with Gasteiger partial charge in [0.15, 0.2) is 0 Å². The van der Waals surface area contributed by atoms with E-state index in [4.69, 9.17) is 21.4 Å². The number of carbonyl (C=O) groups is 1. The van der Waals surface area contributed by atoms with Gasteiger partial charge in [-0.2, -0.15) is 0 Å². The molecule has 0 spiro atoms. The van der Waals surface area contributed by atoms with Gasteiger partial charge in [-0.1, -0.05) is 11.6 Å². The van der Waals surface area contributed by atoms with Crippen molar-refractivity contribution in [3.05, 3.63) is 27.2 Å². The lowest BCUT2D eigenvalue weighted by molar-refractivity contribution is 0.152. The van der Waals surface area contributed by atoms with Crippen LogP contribution in [-0.4, -0.2) is 35.8 Å². The maximum atomic E-state index is 11.1. The van der Waals surface area contributed by atoms with E-state index >= 15 is 0 Å². The summed E-state index contributed by atoms with van der Waals surface area (Å²) in [5, 5.41) is 9.79. The highest BCUT2D eigenvalue weighted by Gasteiger charge is 2.39. The molecule has 0 saturated carbocycles. The zero-order valence-corrected chi connectivity index (χ0v) is 12.4. The number of likely N-dealkylation sites (tertiary alicyclic amines) is 1. The molecule has 3 rings (SSSR count). The Morgan fingerprint density at radius 1 is 1.47 bits per heavy atom. The Morgan fingerprint density at radius 3 is 3.00 bits per heavy atom. The maximum absolute atomic E-state index is 11.1. The van der Waals surface area contributed by atoms with Crippen LogP contribution < -0.4 is 4.74 Å². The van der Waals surface area contributed by atoms with Crippen LogP contribution in [0.3, 0.4) is 0 Å². The van der Waals surface area contributed by atoms with E-state index in [1.807, 2.05) is 12.1 Å². The van der Waals surface area contributed by atoms with E-state index in [9.17, 15) is 4.79 Å². The van der Waals surface area contributed by atoms with Gasteiger partial charge >= 0.3 is 6.09 Å². The highest BCUT2D eigenvalue weighted by molar-refractivity contribution is 9.10. The topological polar surface area (TPSA) is 49.8 Å². The molecular formula is C13H13BrClNO3. The minimum atomic E-state index is -0.850. The normalized spacial score (nSPS) is 25.3. The summed E-state index contributed by atoms with van der Waals surface area (Å²) in [4.78, 5) is 12.6. The second-order valence-corrected chi connectivity index (χ2v) is 6.29. The van der Waals surface area contributed by atoms with Crippen LogP contribution in [0.5, 0.6) is 5.75 Å². The maximum Gasteiger partial charge on any atom is 0.407 e. The second-order valence-electron chi connectivity index (χ2n) is 5.00. The van der Waals surface area contributed by atoms with E-state index in [0.717, 1.165) is 22.2 Å². The van der Waals surface area contributed by atoms with E-state index < -0.39 is 6.09 Å². The third-order valence-corrected chi connectivity index (χ3v) is 4.69. The van der Waals surface area contributed by atoms with Gasteiger partial charge < -0.3 is 14.7 Å². The standard InChI is InChI=1S/C13H13BrClNO3/c14-11-4-8(15)3-9-10-6-16(13(17)18)5-7(10)1-2-19-12(9)11/h3-4,7,10H,1-2,5-6H2,(H,17,18)/t7?,10-/m0/s1. The van der Waals surface area contributed by atoms with Crippen molar-refractivity contribution >= 4 is 33.6 Å². The van der Waals surface area contributed by atoms with E-state index in [1.165, 1.54) is 4.90 Å². The molecule has 2 aliphatic rings. The summed E-state index contributed by atoms with van der Waals surface area (Å²) in [6, 6.07) is 3.71. The molecule has 1 saturated heterocycles. The Kier molecular flexibility index (Phi) is 3.35. The van der Waals surface area contributed by atoms with Gasteiger partial charge in [-0.25, -0.2) is 4.79 Å². The monoisotopic (exact) mass is 345 g/mol. The Labute approximate surface area is 124 Å². The molecule has 1 amide bonds. The van der Waals surface area contributed by atoms with Crippen molar-refractivity contribution < 1.29 is 14.6 Å². The van der Waals surface area contributed by atoms with E-state index in [0.29, 0.717) is 30.6 Å². The number of rotatable bonds is 0. The van der Waals surface area contributed by atoms with Gasteiger partial charge in [0, 0.05) is 29.6 Å². The summed E-state index contributed by atoms with van der Waals surface area (Å²) < 4.78 is 6.63. The molecule has 1 aromatic rings. The molecule has 0 radical (unpaired) electrons. The zero-order chi connectivity index (χ0) is 13.6. The molecule has 19 heavy (non-hydrogen) atoms. The Hall–Kier alpha value is -0.940. The fourth-order valence-corrected chi connectivity index (χ4v) is 3.94. The molecule has 1 unspecified atom stereocenters. The number of hydrogen-bond acceptors (Lipinski definition) is 2. The van der Waals surface area contributed by atoms with Gasteiger partial charge in [0.25, 0.3) is 0 Å². The van der Waals surface area contributed by atoms with Gasteiger partial charge in [0.05, 0.1) is 11.1 Å². The summed E-state index contributed by atoms with van der Waals surface area (Å²) in [6.45, 7) is 1.71. The van der Waals surface area contributed by atoms with Crippen molar-refractivity contribution in [3.8, 4) is 5.75 Å². The first-order chi connectivity index (χ1) is 9.06. The smallest absolute Gasteiger partial charge is 0.407 e. The molecule has 2 heterocycles. The van der Waals surface area contributed by atoms with Crippen LogP contribution in [0, 0.1) is 5.92 Å². The molecule has 1 fully saturated rings. The predicted octanol–water partition coefficient (Wildman–Crippen LogP) is 3.58. The first-order valence-electron chi connectivity index (χ1n) is 6.16. The molecule has 102 valence electrons. The van der Waals surface area contributed by atoms with Crippen molar-refractivity contribution in [1.29, 1.82) is 0 Å². The van der Waals surface area contributed by atoms with E-state index in [-0.39, 0.29) is 5.92 Å². The van der Waals surface area contributed by atoms with Gasteiger partial charge in [-0.05, 0) is 40.4 Å². The minimum absolute atomic E-state index is 0.170. The molecule has 1 aromatic carbocycles. The van der Waals surface area contributed by atoms with Crippen LogP contribution in [-0.2, 0) is 0 Å². The highest BCUT2D eigenvalue weighted by atomic mass is 79.9. The molecule has 1 N–H and O–H groups in total. The van der Waals surface area contributed by atoms with Gasteiger partial charge in [-0.3, -0.25) is 0 Å². The molecule has 4 nitrogen and oxygen atoms in total. The molecule has 2 atom stereocenters. The van der Waals surface area contributed by atoms with Crippen LogP contribution in [0.2, 0.25) is 5.02 Å². The lowest BCUT2D eigenvalue weighted by Crippen LogP contribution is -2.27. The largest absolute Gasteiger partial charge is 0.492 e. The van der Waals surface area contributed by atoms with Crippen molar-refractivity contribution in [2.24, 2.45) is 5.92 Å². The summed E-state index contributed by atoms with van der Waals surface area (Å²) in [5.41, 5.74) is 1.02. The fourth-order valence-electron chi connectivity index (χ4n) is 2.99. The zero-order valence-electron chi connectivity index (χ0n) is 10.1. The lowest BCUT2D eigenvalue weighted by atomic mass is 9.87. The number of amides is 1. The summed E-state index contributed by atoms with van der Waals surface area (Å²) >= 11 is 9.58. The van der Waals surface area contributed by atoms with Crippen LogP contribution in [0.4, 0.5) is 4.79 Å². The third kappa shape index (κ3) is 2.30. The number of halogens is 2. The average molecular weight is 347 g/mol. The molecular weight excluding hydrogens is 334 g/mol. The lowest BCUT2D eigenvalue weighted by Gasteiger charge is -2.17. The number of benzene rings is 1. The number of carboxylic acid groups (broad SMARTS) is 1. The second kappa shape index (κ2) is 4.87. The molecule has 2 aliphatic heterocycles. The van der Waals surface area contributed by atoms with Gasteiger partial charge in [0.1, 0.15) is 5.75 Å². The Balaban J connectivity index is 2.03. The van der Waals surface area contributed by atoms with Crippen LogP contribution in [0.1, 0.15) is 17.9 Å². The number of ether oxygens (including phenoxy) is 1. The fraction of sp³-hybridized carbons (Fsp3) is 0.462. The van der Waals surface area contributed by atoms with Crippen molar-refractivity contribution in [2.45, 2.75) is 12.3 Å². The van der Waals surface area contributed by atoms with Gasteiger partial charge in [0.2, 0.25) is 0 Å². The Bertz CT molecular complexity index is 537. The van der Waals surface area contributed by atoms with Crippen molar-refractivity contribution in [1.82, 2.24) is 4.90 Å². The number of nitrogens with zero attached hydrogens (tertiary/aromatic N) is 1. The first kappa shape index (κ1) is 13.1. The molecule has 6 heteroatoms. The van der Waals surface area contributed by atoms with E-state index in [2.05, 4.69) is 15.9 Å². The number of fused-ring (bicyclic) bond motifs is 3. The summed E-state index contributed by atoms with van der Waals surface area (Å²) in [5.74, 6) is 1.29. The summed E-state index contributed by atoms with van der Waals surface area (Å²) in [6.07, 6.45) is 0.0179. The van der Waals surface area contributed by atoms with Crippen molar-refractivity contribution in [2.75, 3.05) is 19.7 Å². The quantitative estimate of drug-likeness (QED) is 0.781. The van der Waals surface area contributed by atoms with Gasteiger partial charge in [-0.15, -0.1) is 0 Å². The minimum Gasteiger partial charge on any atom is -0.492 e. The van der Waals surface area contributed by atoms with Crippen LogP contribution in [0.25, 0.3) is 0 Å². The first-order valence-corrected chi connectivity index (χ1v) is 7.33. The van der Waals surface area contributed by atoms with Crippen LogP contribution in [0.15, 0.2) is 16.6 Å². The highest BCUT2D eigenvalue weighted by Crippen LogP contribution is 2.45. The molecule has 0 aliphatic carbocycles. The molecule has 0 aromatic heterocycles. The van der Waals surface area contributed by atoms with Crippen LogP contribution >= 0.6 is 27.5 Å². The SMILES string of the molecule is O=C(O)N1CC2CCOc3c(Br)cc(Cl)cc3[C@H]2C1. The average Bonchev–Trinajstić information content (AvgIpc) is 2.68. The van der Waals surface area contributed by atoms with Crippen molar-refractivity contribution in [3.63, 3.8) is 0 Å². The number of hydrogen-bond donors (Lipinski definition) is 1.